The first-order chi connectivity index (χ1) is 9.11. The van der Waals surface area contributed by atoms with Gasteiger partial charge in [0.15, 0.2) is 0 Å². The third kappa shape index (κ3) is 3.19. The smallest absolute Gasteiger partial charge is 0.132 e. The number of nitrogens with one attached hydrogen (secondary N) is 1. The number of benzene rings is 1. The van der Waals surface area contributed by atoms with Gasteiger partial charge in [-0.05, 0) is 26.1 Å². The highest BCUT2D eigenvalue weighted by Gasteiger charge is 2.13. The molecule has 19 heavy (non-hydrogen) atoms. The number of aryl methyl sites for hydroxylation is 1. The molecular weight excluding hydrogens is 243 g/mol. The van der Waals surface area contributed by atoms with Crippen LogP contribution < -0.4 is 5.73 Å². The van der Waals surface area contributed by atoms with Crippen molar-refractivity contribution in [3.8, 4) is 11.3 Å². The van der Waals surface area contributed by atoms with Crippen molar-refractivity contribution in [2.24, 2.45) is 5.73 Å². The molecule has 0 atom stereocenters. The Balaban J connectivity index is 2.31. The highest BCUT2D eigenvalue weighted by molar-refractivity contribution is 5.64. The number of aromatic amines is 1. The van der Waals surface area contributed by atoms with Crippen LogP contribution in [-0.2, 0) is 6.54 Å². The Labute approximate surface area is 112 Å². The van der Waals surface area contributed by atoms with Gasteiger partial charge in [-0.1, -0.05) is 11.6 Å². The Kier molecular flexibility index (Phi) is 4.29. The largest absolute Gasteiger partial charge is 0.329 e. The summed E-state index contributed by atoms with van der Waals surface area (Å²) in [5.74, 6) is -0.238. The van der Waals surface area contributed by atoms with Crippen LogP contribution in [0.3, 0.4) is 0 Å². The van der Waals surface area contributed by atoms with Crippen molar-refractivity contribution in [2.75, 3.05) is 20.1 Å². The lowest BCUT2D eigenvalue weighted by Crippen LogP contribution is -2.25. The second-order valence-electron chi connectivity index (χ2n) is 4.78. The first-order valence-electron chi connectivity index (χ1n) is 6.29. The van der Waals surface area contributed by atoms with E-state index < -0.39 is 0 Å². The number of nitrogens with two attached hydrogens (primary N) is 1. The second kappa shape index (κ2) is 5.95. The predicted molar refractivity (Wildman–Crippen MR) is 74.1 cm³/mol. The molecule has 0 fully saturated rings. The zero-order chi connectivity index (χ0) is 13.8. The van der Waals surface area contributed by atoms with Gasteiger partial charge in [0.1, 0.15) is 5.82 Å². The topological polar surface area (TPSA) is 57.9 Å². The van der Waals surface area contributed by atoms with Crippen molar-refractivity contribution in [3.63, 3.8) is 0 Å². The molecule has 1 aromatic heterocycles. The van der Waals surface area contributed by atoms with Gasteiger partial charge in [-0.3, -0.25) is 5.10 Å². The molecule has 0 aliphatic rings. The number of likely N-dealkylation sites (N-methyl/N-ethyl adjacent to an activating group) is 1. The van der Waals surface area contributed by atoms with Gasteiger partial charge < -0.3 is 10.6 Å². The lowest BCUT2D eigenvalue weighted by molar-refractivity contribution is 0.337. The quantitative estimate of drug-likeness (QED) is 0.865. The fourth-order valence-corrected chi connectivity index (χ4v) is 2.09. The number of nitrogens with zero attached hydrogens (tertiary/aromatic N) is 2. The van der Waals surface area contributed by atoms with Gasteiger partial charge >= 0.3 is 0 Å². The third-order valence-corrected chi connectivity index (χ3v) is 3.06. The molecule has 1 heterocycles. The summed E-state index contributed by atoms with van der Waals surface area (Å²) in [6.45, 7) is 4.03. The zero-order valence-corrected chi connectivity index (χ0v) is 11.3. The summed E-state index contributed by atoms with van der Waals surface area (Å²) in [6, 6.07) is 5.07. The van der Waals surface area contributed by atoms with Crippen molar-refractivity contribution in [1.82, 2.24) is 15.1 Å². The minimum Gasteiger partial charge on any atom is -0.329 e. The SMILES string of the molecule is Cc1ccc(F)c(-c2[nH]ncc2CN(C)CCN)c1. The minimum absolute atomic E-state index is 0.238. The van der Waals surface area contributed by atoms with E-state index >= 15 is 0 Å². The van der Waals surface area contributed by atoms with E-state index in [1.165, 1.54) is 6.07 Å². The summed E-state index contributed by atoms with van der Waals surface area (Å²) in [5.41, 5.74) is 8.82. The minimum atomic E-state index is -0.238. The molecule has 2 aromatic rings. The van der Waals surface area contributed by atoms with Crippen LogP contribution in [0.5, 0.6) is 0 Å². The Bertz CT molecular complexity index is 550. The molecule has 0 saturated carbocycles. The van der Waals surface area contributed by atoms with Crippen LogP contribution in [0.4, 0.5) is 4.39 Å². The molecule has 4 nitrogen and oxygen atoms in total. The fourth-order valence-electron chi connectivity index (χ4n) is 2.09. The number of aromatic nitrogens is 2. The van der Waals surface area contributed by atoms with E-state index in [4.69, 9.17) is 5.73 Å². The summed E-state index contributed by atoms with van der Waals surface area (Å²) in [6.07, 6.45) is 1.74. The summed E-state index contributed by atoms with van der Waals surface area (Å²) < 4.78 is 13.9. The first-order valence-corrected chi connectivity index (χ1v) is 6.29. The lowest BCUT2D eigenvalue weighted by atomic mass is 10.0. The summed E-state index contributed by atoms with van der Waals surface area (Å²) in [5, 5.41) is 6.92. The maximum atomic E-state index is 13.9. The van der Waals surface area contributed by atoms with E-state index in [1.807, 2.05) is 20.0 Å². The van der Waals surface area contributed by atoms with Crippen LogP contribution in [-0.4, -0.2) is 35.2 Å². The Morgan fingerprint density at radius 2 is 2.21 bits per heavy atom. The molecule has 0 amide bonds. The number of halogens is 1. The Morgan fingerprint density at radius 1 is 1.42 bits per heavy atom. The van der Waals surface area contributed by atoms with Crippen LogP contribution in [0.1, 0.15) is 11.1 Å². The molecule has 3 N–H and O–H groups in total. The number of rotatable bonds is 5. The van der Waals surface area contributed by atoms with E-state index in [1.54, 1.807) is 12.3 Å². The molecule has 0 spiro atoms. The van der Waals surface area contributed by atoms with E-state index in [0.29, 0.717) is 18.7 Å². The Hall–Kier alpha value is -1.72. The first kappa shape index (κ1) is 13.7. The van der Waals surface area contributed by atoms with E-state index in [2.05, 4.69) is 15.1 Å². The molecule has 0 unspecified atom stereocenters. The molecule has 0 bridgehead atoms. The molecular formula is C14H19FN4. The third-order valence-electron chi connectivity index (χ3n) is 3.06. The molecule has 1 aromatic carbocycles. The average molecular weight is 262 g/mol. The van der Waals surface area contributed by atoms with Crippen LogP contribution >= 0.6 is 0 Å². The predicted octanol–water partition coefficient (Wildman–Crippen LogP) is 1.91. The van der Waals surface area contributed by atoms with Gasteiger partial charge in [-0.25, -0.2) is 4.39 Å². The van der Waals surface area contributed by atoms with E-state index in [0.717, 1.165) is 23.4 Å². The van der Waals surface area contributed by atoms with E-state index in [9.17, 15) is 4.39 Å². The number of H-pyrrole nitrogens is 1. The summed E-state index contributed by atoms with van der Waals surface area (Å²) in [7, 11) is 1.98. The Morgan fingerprint density at radius 3 is 2.95 bits per heavy atom. The van der Waals surface area contributed by atoms with E-state index in [-0.39, 0.29) is 5.82 Å². The summed E-state index contributed by atoms with van der Waals surface area (Å²) in [4.78, 5) is 2.09. The number of hydrogen-bond acceptors (Lipinski definition) is 3. The molecule has 0 saturated heterocycles. The highest BCUT2D eigenvalue weighted by atomic mass is 19.1. The van der Waals surface area contributed by atoms with Crippen LogP contribution in [0.25, 0.3) is 11.3 Å². The summed E-state index contributed by atoms with van der Waals surface area (Å²) >= 11 is 0. The second-order valence-corrected chi connectivity index (χ2v) is 4.78. The van der Waals surface area contributed by atoms with Crippen molar-refractivity contribution >= 4 is 0 Å². The van der Waals surface area contributed by atoms with Gasteiger partial charge in [-0.15, -0.1) is 0 Å². The average Bonchev–Trinajstić information content (AvgIpc) is 2.80. The molecule has 2 rings (SSSR count). The standard InChI is InChI=1S/C14H19FN4/c1-10-3-4-13(15)12(7-10)14-11(8-17-18-14)9-19(2)6-5-16/h3-4,7-8H,5-6,9,16H2,1-2H3,(H,17,18). The van der Waals surface area contributed by atoms with Crippen molar-refractivity contribution < 1.29 is 4.39 Å². The molecule has 102 valence electrons. The fraction of sp³-hybridized carbons (Fsp3) is 0.357. The van der Waals surface area contributed by atoms with Gasteiger partial charge in [0.2, 0.25) is 0 Å². The lowest BCUT2D eigenvalue weighted by Gasteiger charge is -2.15. The van der Waals surface area contributed by atoms with Gasteiger partial charge in [0.05, 0.1) is 11.9 Å². The monoisotopic (exact) mass is 262 g/mol. The normalized spacial score (nSPS) is 11.2. The molecule has 0 aliphatic carbocycles. The zero-order valence-electron chi connectivity index (χ0n) is 11.3. The van der Waals surface area contributed by atoms with Crippen molar-refractivity contribution in [1.29, 1.82) is 0 Å². The van der Waals surface area contributed by atoms with Gasteiger partial charge in [0, 0.05) is 30.8 Å². The van der Waals surface area contributed by atoms with Crippen LogP contribution in [0, 0.1) is 12.7 Å². The van der Waals surface area contributed by atoms with Gasteiger partial charge in [-0.2, -0.15) is 5.10 Å². The van der Waals surface area contributed by atoms with Crippen LogP contribution in [0.15, 0.2) is 24.4 Å². The molecule has 0 radical (unpaired) electrons. The maximum absolute atomic E-state index is 13.9. The molecule has 0 aliphatic heterocycles. The van der Waals surface area contributed by atoms with Crippen molar-refractivity contribution in [3.05, 3.63) is 41.3 Å². The highest BCUT2D eigenvalue weighted by Crippen LogP contribution is 2.25. The maximum Gasteiger partial charge on any atom is 0.132 e. The van der Waals surface area contributed by atoms with Crippen molar-refractivity contribution in [2.45, 2.75) is 13.5 Å². The van der Waals surface area contributed by atoms with Gasteiger partial charge in [0.25, 0.3) is 0 Å². The molecule has 5 heteroatoms. The van der Waals surface area contributed by atoms with Crippen LogP contribution in [0.2, 0.25) is 0 Å². The number of hydrogen-bond donors (Lipinski definition) is 2.